The van der Waals surface area contributed by atoms with E-state index in [-0.39, 0.29) is 12.5 Å². The fourth-order valence-corrected chi connectivity index (χ4v) is 1.07. The molecule has 0 atom stereocenters. The smallest absolute Gasteiger partial charge is 0.319 e. The van der Waals surface area contributed by atoms with Gasteiger partial charge in [-0.15, -0.1) is 0 Å². The van der Waals surface area contributed by atoms with Crippen molar-refractivity contribution in [1.82, 2.24) is 10.2 Å². The summed E-state index contributed by atoms with van der Waals surface area (Å²) in [5, 5.41) is 2.99. The van der Waals surface area contributed by atoms with Gasteiger partial charge in [0.2, 0.25) is 0 Å². The van der Waals surface area contributed by atoms with Gasteiger partial charge in [-0.25, -0.2) is 0 Å². The molecule has 17 heavy (non-hydrogen) atoms. The summed E-state index contributed by atoms with van der Waals surface area (Å²) in [6, 6.07) is 0. The molecule has 0 aromatic rings. The van der Waals surface area contributed by atoms with Crippen molar-refractivity contribution in [1.29, 1.82) is 0 Å². The Balaban J connectivity index is 3.14. The molecule has 0 unspecified atom stereocenters. The van der Waals surface area contributed by atoms with Crippen LogP contribution < -0.4 is 5.32 Å². The minimum absolute atomic E-state index is 0.188. The molecule has 0 saturated carbocycles. The van der Waals surface area contributed by atoms with Gasteiger partial charge in [0.1, 0.15) is 0 Å². The third-order valence-electron chi connectivity index (χ3n) is 2.14. The molecule has 0 spiro atoms. The molecule has 0 aliphatic heterocycles. The number of nitrogens with one attached hydrogen (secondary N) is 1. The Bertz CT molecular complexity index is 187. The van der Waals surface area contributed by atoms with Gasteiger partial charge in [0, 0.05) is 13.1 Å². The predicted molar refractivity (Wildman–Crippen MR) is 68.1 cm³/mol. The molecule has 0 heterocycles. The maximum absolute atomic E-state index is 11.2. The zero-order chi connectivity index (χ0) is 12.9. The van der Waals surface area contributed by atoms with E-state index in [9.17, 15) is 4.79 Å². The highest BCUT2D eigenvalue weighted by Gasteiger charge is 2.00. The molecule has 0 aromatic heterocycles. The summed E-state index contributed by atoms with van der Waals surface area (Å²) < 4.78 is 10.4. The molecule has 5 heteroatoms. The van der Waals surface area contributed by atoms with Crippen molar-refractivity contribution in [3.8, 4) is 0 Å². The topological polar surface area (TPSA) is 50.8 Å². The zero-order valence-corrected chi connectivity index (χ0v) is 11.3. The number of carbonyl (C=O) groups is 1. The number of hydrogen-bond donors (Lipinski definition) is 1. The molecule has 0 rings (SSSR count). The Morgan fingerprint density at radius 3 is 2.65 bits per heavy atom. The first kappa shape index (κ1) is 16.4. The molecule has 0 aliphatic rings. The lowest BCUT2D eigenvalue weighted by atomic mass is 10.4. The van der Waals surface area contributed by atoms with Gasteiger partial charge in [-0.1, -0.05) is 13.3 Å². The SMILES string of the molecule is CCCCOC(=O)CNCCOCCN(C)C. The summed E-state index contributed by atoms with van der Waals surface area (Å²) in [7, 11) is 4.02. The maximum Gasteiger partial charge on any atom is 0.319 e. The van der Waals surface area contributed by atoms with Crippen molar-refractivity contribution in [2.75, 3.05) is 53.6 Å². The van der Waals surface area contributed by atoms with Crippen molar-refractivity contribution in [3.63, 3.8) is 0 Å². The van der Waals surface area contributed by atoms with E-state index in [0.717, 1.165) is 26.0 Å². The van der Waals surface area contributed by atoms with E-state index in [2.05, 4.69) is 17.1 Å². The number of carbonyl (C=O) groups excluding carboxylic acids is 1. The molecule has 0 aromatic carbocycles. The largest absolute Gasteiger partial charge is 0.465 e. The van der Waals surface area contributed by atoms with E-state index in [4.69, 9.17) is 9.47 Å². The Labute approximate surface area is 104 Å². The molecule has 5 nitrogen and oxygen atoms in total. The molecular weight excluding hydrogens is 220 g/mol. The molecule has 0 bridgehead atoms. The van der Waals surface area contributed by atoms with Crippen LogP contribution in [0.3, 0.4) is 0 Å². The number of esters is 1. The van der Waals surface area contributed by atoms with E-state index in [1.165, 1.54) is 0 Å². The maximum atomic E-state index is 11.2. The first-order valence-electron chi connectivity index (χ1n) is 6.25. The van der Waals surface area contributed by atoms with Crippen LogP contribution in [-0.4, -0.2) is 64.4 Å². The monoisotopic (exact) mass is 246 g/mol. The summed E-state index contributed by atoms with van der Waals surface area (Å²) in [6.45, 7) is 5.79. The lowest BCUT2D eigenvalue weighted by molar-refractivity contribution is -0.142. The van der Waals surface area contributed by atoms with E-state index < -0.39 is 0 Å². The lowest BCUT2D eigenvalue weighted by Gasteiger charge is -2.10. The van der Waals surface area contributed by atoms with Crippen LogP contribution in [0.5, 0.6) is 0 Å². The second-order valence-corrected chi connectivity index (χ2v) is 4.17. The highest BCUT2D eigenvalue weighted by atomic mass is 16.5. The molecular formula is C12H26N2O3. The standard InChI is InChI=1S/C12H26N2O3/c1-4-5-8-17-12(15)11-13-6-9-16-10-7-14(2)3/h13H,4-11H2,1-3H3. The molecule has 1 N–H and O–H groups in total. The summed E-state index contributed by atoms with van der Waals surface area (Å²) in [6.07, 6.45) is 1.97. The number of ether oxygens (including phenoxy) is 2. The Morgan fingerprint density at radius 2 is 2.00 bits per heavy atom. The number of nitrogens with zero attached hydrogens (tertiary/aromatic N) is 1. The Hall–Kier alpha value is -0.650. The predicted octanol–water partition coefficient (Wildman–Crippen LogP) is 0.498. The van der Waals surface area contributed by atoms with Crippen molar-refractivity contribution in [3.05, 3.63) is 0 Å². The summed E-state index contributed by atoms with van der Waals surface area (Å²) >= 11 is 0. The molecule has 0 saturated heterocycles. The van der Waals surface area contributed by atoms with Gasteiger partial charge in [-0.05, 0) is 20.5 Å². The minimum Gasteiger partial charge on any atom is -0.465 e. The highest BCUT2D eigenvalue weighted by Crippen LogP contribution is 1.87. The van der Waals surface area contributed by atoms with Gasteiger partial charge in [-0.3, -0.25) is 4.79 Å². The van der Waals surface area contributed by atoms with Crippen LogP contribution in [-0.2, 0) is 14.3 Å². The van der Waals surface area contributed by atoms with Crippen LogP contribution in [0.15, 0.2) is 0 Å². The van der Waals surface area contributed by atoms with Crippen LogP contribution in [0.4, 0.5) is 0 Å². The van der Waals surface area contributed by atoms with E-state index in [1.807, 2.05) is 14.1 Å². The quantitative estimate of drug-likeness (QED) is 0.425. The van der Waals surface area contributed by atoms with Gasteiger partial charge in [0.05, 0.1) is 26.4 Å². The average Bonchev–Trinajstić information content (AvgIpc) is 2.28. The van der Waals surface area contributed by atoms with E-state index in [0.29, 0.717) is 19.8 Å². The third-order valence-corrected chi connectivity index (χ3v) is 2.14. The number of likely N-dealkylation sites (N-methyl/N-ethyl adjacent to an activating group) is 1. The normalized spacial score (nSPS) is 10.8. The van der Waals surface area contributed by atoms with Crippen LogP contribution in [0.2, 0.25) is 0 Å². The molecule has 102 valence electrons. The number of rotatable bonds is 11. The van der Waals surface area contributed by atoms with Crippen LogP contribution in [0, 0.1) is 0 Å². The van der Waals surface area contributed by atoms with Crippen molar-refractivity contribution in [2.45, 2.75) is 19.8 Å². The van der Waals surface area contributed by atoms with Crippen molar-refractivity contribution in [2.24, 2.45) is 0 Å². The second kappa shape index (κ2) is 11.8. The van der Waals surface area contributed by atoms with Crippen molar-refractivity contribution < 1.29 is 14.3 Å². The van der Waals surface area contributed by atoms with Crippen molar-refractivity contribution >= 4 is 5.97 Å². The molecule has 0 fully saturated rings. The first-order chi connectivity index (χ1) is 8.16. The number of hydrogen-bond acceptors (Lipinski definition) is 5. The van der Waals surface area contributed by atoms with Crippen LogP contribution in [0.25, 0.3) is 0 Å². The van der Waals surface area contributed by atoms with E-state index in [1.54, 1.807) is 0 Å². The van der Waals surface area contributed by atoms with Gasteiger partial charge >= 0.3 is 5.97 Å². The Kier molecular flexibility index (Phi) is 11.4. The third kappa shape index (κ3) is 13.3. The van der Waals surface area contributed by atoms with Crippen LogP contribution in [0.1, 0.15) is 19.8 Å². The van der Waals surface area contributed by atoms with Gasteiger partial charge in [0.15, 0.2) is 0 Å². The van der Waals surface area contributed by atoms with Crippen LogP contribution >= 0.6 is 0 Å². The molecule has 0 aliphatic carbocycles. The fraction of sp³-hybridized carbons (Fsp3) is 0.917. The molecule has 0 radical (unpaired) electrons. The fourth-order valence-electron chi connectivity index (χ4n) is 1.07. The average molecular weight is 246 g/mol. The second-order valence-electron chi connectivity index (χ2n) is 4.17. The summed E-state index contributed by atoms with van der Waals surface area (Å²) in [5.74, 6) is -0.188. The van der Waals surface area contributed by atoms with E-state index >= 15 is 0 Å². The Morgan fingerprint density at radius 1 is 1.24 bits per heavy atom. The van der Waals surface area contributed by atoms with Gasteiger partial charge in [-0.2, -0.15) is 0 Å². The molecule has 0 amide bonds. The summed E-state index contributed by atoms with van der Waals surface area (Å²) in [4.78, 5) is 13.2. The van der Waals surface area contributed by atoms with Gasteiger partial charge in [0.25, 0.3) is 0 Å². The number of unbranched alkanes of at least 4 members (excludes halogenated alkanes) is 1. The first-order valence-corrected chi connectivity index (χ1v) is 6.25. The van der Waals surface area contributed by atoms with Gasteiger partial charge < -0.3 is 19.7 Å². The summed E-state index contributed by atoms with van der Waals surface area (Å²) in [5.41, 5.74) is 0. The lowest BCUT2D eigenvalue weighted by Crippen LogP contribution is -2.28. The highest BCUT2D eigenvalue weighted by molar-refractivity contribution is 5.71. The minimum atomic E-state index is -0.188. The zero-order valence-electron chi connectivity index (χ0n) is 11.3.